The van der Waals surface area contributed by atoms with Crippen LogP contribution in [0.5, 0.6) is 0 Å². The summed E-state index contributed by atoms with van der Waals surface area (Å²) in [4.78, 5) is 3.67. The second-order valence-corrected chi connectivity index (χ2v) is 7.08. The van der Waals surface area contributed by atoms with Gasteiger partial charge < -0.3 is 5.73 Å². The lowest BCUT2D eigenvalue weighted by molar-refractivity contribution is 0.254. The van der Waals surface area contributed by atoms with Gasteiger partial charge in [0.1, 0.15) is 0 Å². The first-order chi connectivity index (χ1) is 9.61. The van der Waals surface area contributed by atoms with Crippen LogP contribution in [0.25, 0.3) is 0 Å². The van der Waals surface area contributed by atoms with Crippen LogP contribution >= 0.6 is 38.9 Å². The third-order valence-electron chi connectivity index (χ3n) is 3.36. The first-order valence-electron chi connectivity index (χ1n) is 6.49. The molecule has 2 N–H and O–H groups in total. The van der Waals surface area contributed by atoms with Crippen LogP contribution in [-0.4, -0.2) is 25.0 Å². The topological polar surface area (TPSA) is 29.3 Å². The van der Waals surface area contributed by atoms with Crippen molar-refractivity contribution in [2.75, 3.05) is 20.1 Å². The first kappa shape index (κ1) is 16.0. The molecular formula is C15H18BrClN2S. The van der Waals surface area contributed by atoms with Gasteiger partial charge in [-0.25, -0.2) is 0 Å². The van der Waals surface area contributed by atoms with Crippen molar-refractivity contribution < 1.29 is 0 Å². The van der Waals surface area contributed by atoms with E-state index in [1.54, 1.807) is 11.3 Å². The Hall–Kier alpha value is -0.390. The van der Waals surface area contributed by atoms with Crippen LogP contribution in [0.15, 0.2) is 40.2 Å². The minimum Gasteiger partial charge on any atom is -0.329 e. The molecule has 2 aromatic rings. The third-order valence-corrected chi connectivity index (χ3v) is 5.14. The van der Waals surface area contributed by atoms with Gasteiger partial charge in [0.15, 0.2) is 0 Å². The van der Waals surface area contributed by atoms with Crippen molar-refractivity contribution in [3.05, 3.63) is 55.6 Å². The van der Waals surface area contributed by atoms with Gasteiger partial charge in [0.2, 0.25) is 0 Å². The molecule has 0 fully saturated rings. The van der Waals surface area contributed by atoms with Crippen LogP contribution in [-0.2, 0) is 6.42 Å². The smallest absolute Gasteiger partial charge is 0.0482 e. The Labute approximate surface area is 137 Å². The number of rotatable bonds is 6. The van der Waals surface area contributed by atoms with Gasteiger partial charge in [-0.2, -0.15) is 0 Å². The lowest BCUT2D eigenvalue weighted by atomic mass is 10.1. The van der Waals surface area contributed by atoms with E-state index < -0.39 is 0 Å². The molecule has 1 atom stereocenters. The van der Waals surface area contributed by atoms with Gasteiger partial charge in [0, 0.05) is 33.5 Å². The fourth-order valence-corrected chi connectivity index (χ4v) is 3.53. The van der Waals surface area contributed by atoms with Crippen molar-refractivity contribution in [1.29, 1.82) is 0 Å². The molecule has 2 nitrogen and oxygen atoms in total. The highest BCUT2D eigenvalue weighted by Gasteiger charge is 2.18. The number of halogens is 2. The predicted octanol–water partition coefficient (Wildman–Crippen LogP) is 4.34. The lowest BCUT2D eigenvalue weighted by Gasteiger charge is -2.28. The summed E-state index contributed by atoms with van der Waals surface area (Å²) in [5.41, 5.74) is 7.04. The van der Waals surface area contributed by atoms with E-state index in [4.69, 9.17) is 17.3 Å². The van der Waals surface area contributed by atoms with E-state index >= 15 is 0 Å². The van der Waals surface area contributed by atoms with Gasteiger partial charge in [-0.3, -0.25) is 4.90 Å². The van der Waals surface area contributed by atoms with Crippen molar-refractivity contribution in [1.82, 2.24) is 4.90 Å². The Bertz CT molecular complexity index is 545. The van der Waals surface area contributed by atoms with Crippen LogP contribution in [0.3, 0.4) is 0 Å². The van der Waals surface area contributed by atoms with Crippen LogP contribution in [0.4, 0.5) is 0 Å². The van der Waals surface area contributed by atoms with Gasteiger partial charge in [-0.1, -0.05) is 33.6 Å². The van der Waals surface area contributed by atoms with E-state index in [0.717, 1.165) is 28.0 Å². The third kappa shape index (κ3) is 4.06. The molecule has 1 unspecified atom stereocenters. The highest BCUT2D eigenvalue weighted by Crippen LogP contribution is 2.29. The molecule has 0 amide bonds. The molecule has 2 rings (SSSR count). The number of nitrogens with two attached hydrogens (primary N) is 1. The van der Waals surface area contributed by atoms with Crippen molar-refractivity contribution in [3.8, 4) is 0 Å². The van der Waals surface area contributed by atoms with Crippen LogP contribution in [0.1, 0.15) is 16.5 Å². The van der Waals surface area contributed by atoms with Gasteiger partial charge in [0.05, 0.1) is 0 Å². The second-order valence-electron chi connectivity index (χ2n) is 4.73. The number of thiophene rings is 1. The summed E-state index contributed by atoms with van der Waals surface area (Å²) in [5, 5.41) is 2.88. The number of hydrogen-bond acceptors (Lipinski definition) is 3. The number of nitrogens with zero attached hydrogens (tertiary/aromatic N) is 1. The van der Waals surface area contributed by atoms with Crippen LogP contribution in [0.2, 0.25) is 5.02 Å². The minimum atomic E-state index is 0.139. The molecule has 0 saturated heterocycles. The summed E-state index contributed by atoms with van der Waals surface area (Å²) >= 11 is 11.6. The van der Waals surface area contributed by atoms with E-state index in [-0.39, 0.29) is 6.04 Å². The Morgan fingerprint density at radius 2 is 2.20 bits per heavy atom. The summed E-state index contributed by atoms with van der Waals surface area (Å²) in [6, 6.07) is 10.3. The average Bonchev–Trinajstić information content (AvgIpc) is 2.94. The van der Waals surface area contributed by atoms with E-state index in [0.29, 0.717) is 6.54 Å². The maximum absolute atomic E-state index is 6.31. The molecule has 5 heteroatoms. The van der Waals surface area contributed by atoms with Gasteiger partial charge in [0.25, 0.3) is 0 Å². The molecule has 0 radical (unpaired) electrons. The molecule has 0 saturated carbocycles. The normalized spacial score (nSPS) is 12.8. The second kappa shape index (κ2) is 7.57. The molecule has 1 aromatic heterocycles. The molecule has 108 valence electrons. The summed E-state index contributed by atoms with van der Waals surface area (Å²) in [6.07, 6.45) is 1.04. The first-order valence-corrected chi connectivity index (χ1v) is 8.54. The highest BCUT2D eigenvalue weighted by molar-refractivity contribution is 9.10. The number of likely N-dealkylation sites (N-methyl/N-ethyl adjacent to an activating group) is 1. The highest BCUT2D eigenvalue weighted by atomic mass is 79.9. The zero-order chi connectivity index (χ0) is 14.5. The van der Waals surface area contributed by atoms with Crippen molar-refractivity contribution in [2.45, 2.75) is 12.5 Å². The molecule has 0 bridgehead atoms. The fraction of sp³-hybridized carbons (Fsp3) is 0.333. The Balaban J connectivity index is 2.08. The van der Waals surface area contributed by atoms with Crippen molar-refractivity contribution >= 4 is 38.9 Å². The lowest BCUT2D eigenvalue weighted by Crippen LogP contribution is -2.32. The molecular weight excluding hydrogens is 356 g/mol. The summed E-state index contributed by atoms with van der Waals surface area (Å²) < 4.78 is 1.03. The Kier molecular flexibility index (Phi) is 6.05. The Morgan fingerprint density at radius 1 is 1.40 bits per heavy atom. The largest absolute Gasteiger partial charge is 0.329 e. The maximum Gasteiger partial charge on any atom is 0.0482 e. The molecule has 0 aliphatic carbocycles. The quantitative estimate of drug-likeness (QED) is 0.816. The Morgan fingerprint density at radius 3 is 2.85 bits per heavy atom. The standard InChI is InChI=1S/C15H18BrClN2S/c1-19(7-6-12-3-2-8-20-12)15(10-18)13-9-11(16)4-5-14(13)17/h2-5,8-9,15H,6-7,10,18H2,1H3. The van der Waals surface area contributed by atoms with Crippen LogP contribution in [0, 0.1) is 0 Å². The number of hydrogen-bond donors (Lipinski definition) is 1. The predicted molar refractivity (Wildman–Crippen MR) is 91.6 cm³/mol. The zero-order valence-corrected chi connectivity index (χ0v) is 14.5. The van der Waals surface area contributed by atoms with E-state index in [9.17, 15) is 0 Å². The monoisotopic (exact) mass is 372 g/mol. The van der Waals surface area contributed by atoms with Gasteiger partial charge >= 0.3 is 0 Å². The van der Waals surface area contributed by atoms with Gasteiger partial charge in [-0.15, -0.1) is 11.3 Å². The maximum atomic E-state index is 6.31. The van der Waals surface area contributed by atoms with E-state index in [1.807, 2.05) is 12.1 Å². The summed E-state index contributed by atoms with van der Waals surface area (Å²) in [7, 11) is 2.10. The van der Waals surface area contributed by atoms with E-state index in [2.05, 4.69) is 51.5 Å². The van der Waals surface area contributed by atoms with Gasteiger partial charge in [-0.05, 0) is 48.7 Å². The summed E-state index contributed by atoms with van der Waals surface area (Å²) in [5.74, 6) is 0. The summed E-state index contributed by atoms with van der Waals surface area (Å²) in [6.45, 7) is 1.52. The SMILES string of the molecule is CN(CCc1cccs1)C(CN)c1cc(Br)ccc1Cl. The van der Waals surface area contributed by atoms with Crippen molar-refractivity contribution in [2.24, 2.45) is 5.73 Å². The van der Waals surface area contributed by atoms with Crippen molar-refractivity contribution in [3.63, 3.8) is 0 Å². The molecule has 1 heterocycles. The molecule has 0 aliphatic rings. The van der Waals surface area contributed by atoms with E-state index in [1.165, 1.54) is 4.88 Å². The fourth-order valence-electron chi connectivity index (χ4n) is 2.21. The van der Waals surface area contributed by atoms with Crippen LogP contribution < -0.4 is 5.73 Å². The molecule has 1 aromatic carbocycles. The average molecular weight is 374 g/mol. The minimum absolute atomic E-state index is 0.139. The molecule has 20 heavy (non-hydrogen) atoms. The molecule has 0 aliphatic heterocycles. The molecule has 0 spiro atoms. The number of benzene rings is 1. The zero-order valence-electron chi connectivity index (χ0n) is 11.4.